The Labute approximate surface area is 150 Å². The maximum Gasteiger partial charge on any atom is 0.495 e. The third-order valence-electron chi connectivity index (χ3n) is 5.48. The Hall–Kier alpha value is -1.28. The zero-order valence-electron chi connectivity index (χ0n) is 16.0. The zero-order chi connectivity index (χ0) is 18.4. The van der Waals surface area contributed by atoms with Crippen molar-refractivity contribution in [2.24, 2.45) is 0 Å². The number of hydrogen-bond donors (Lipinski definition) is 1. The lowest BCUT2D eigenvalue weighted by atomic mass is 9.78. The quantitative estimate of drug-likeness (QED) is 0.806. The van der Waals surface area contributed by atoms with Crippen molar-refractivity contribution in [2.45, 2.75) is 51.5 Å². The number of aliphatic hydroxyl groups is 1. The highest BCUT2D eigenvalue weighted by Crippen LogP contribution is 2.38. The molecule has 7 heteroatoms. The van der Waals surface area contributed by atoms with Gasteiger partial charge in [0.2, 0.25) is 0 Å². The van der Waals surface area contributed by atoms with Gasteiger partial charge in [0, 0.05) is 19.6 Å². The molecule has 0 atom stereocenters. The van der Waals surface area contributed by atoms with Crippen molar-refractivity contribution in [1.82, 2.24) is 4.90 Å². The molecule has 2 aliphatic rings. The van der Waals surface area contributed by atoms with Gasteiger partial charge in [-0.25, -0.2) is 0 Å². The molecular weight excluding hydrogens is 321 g/mol. The van der Waals surface area contributed by atoms with Crippen molar-refractivity contribution in [3.05, 3.63) is 17.7 Å². The number of rotatable bonds is 5. The fourth-order valence-corrected chi connectivity index (χ4v) is 3.17. The molecule has 0 saturated carbocycles. The molecule has 1 N–H and O–H groups in total. The minimum absolute atomic E-state index is 0.235. The molecule has 25 heavy (non-hydrogen) atoms. The molecule has 0 amide bonds. The summed E-state index contributed by atoms with van der Waals surface area (Å²) < 4.78 is 23.5. The highest BCUT2D eigenvalue weighted by atomic mass is 16.7. The second kappa shape index (κ2) is 6.47. The van der Waals surface area contributed by atoms with Crippen LogP contribution in [0.4, 0.5) is 0 Å². The van der Waals surface area contributed by atoms with Gasteiger partial charge in [-0.2, -0.15) is 0 Å². The molecule has 138 valence electrons. The van der Waals surface area contributed by atoms with Gasteiger partial charge in [-0.05, 0) is 45.3 Å². The number of aliphatic hydroxyl groups excluding tert-OH is 1. The molecule has 2 saturated heterocycles. The van der Waals surface area contributed by atoms with Crippen LogP contribution in [0.2, 0.25) is 0 Å². The van der Waals surface area contributed by atoms with E-state index in [0.717, 1.165) is 22.5 Å². The van der Waals surface area contributed by atoms with E-state index in [4.69, 9.17) is 18.8 Å². The molecule has 3 rings (SSSR count). The van der Waals surface area contributed by atoms with Crippen LogP contribution in [0.5, 0.6) is 11.5 Å². The summed E-state index contributed by atoms with van der Waals surface area (Å²) in [5, 5.41) is 9.50. The second-order valence-electron chi connectivity index (χ2n) is 7.84. The first-order chi connectivity index (χ1) is 11.7. The van der Waals surface area contributed by atoms with Crippen LogP contribution in [0.1, 0.15) is 33.3 Å². The van der Waals surface area contributed by atoms with Crippen LogP contribution in [-0.4, -0.2) is 61.7 Å². The largest absolute Gasteiger partial charge is 0.496 e. The van der Waals surface area contributed by atoms with Crippen molar-refractivity contribution in [2.75, 3.05) is 27.3 Å². The maximum absolute atomic E-state index is 9.50. The number of nitrogens with zero attached hydrogens (tertiary/aromatic N) is 1. The van der Waals surface area contributed by atoms with E-state index in [9.17, 15) is 5.11 Å². The predicted octanol–water partition coefficient (Wildman–Crippen LogP) is 1.18. The van der Waals surface area contributed by atoms with E-state index in [-0.39, 0.29) is 6.10 Å². The fourth-order valence-electron chi connectivity index (χ4n) is 3.17. The van der Waals surface area contributed by atoms with Crippen LogP contribution >= 0.6 is 0 Å². The molecule has 2 aliphatic heterocycles. The second-order valence-corrected chi connectivity index (χ2v) is 7.84. The summed E-state index contributed by atoms with van der Waals surface area (Å²) in [6, 6.07) is 3.91. The van der Waals surface area contributed by atoms with Gasteiger partial charge in [0.1, 0.15) is 11.5 Å². The minimum atomic E-state index is -0.465. The van der Waals surface area contributed by atoms with Gasteiger partial charge in [-0.3, -0.25) is 4.90 Å². The number of β-amino-alcohol motifs (C(OH)–C–C–N with tert-alkyl or cyclic N) is 1. The highest BCUT2D eigenvalue weighted by molar-refractivity contribution is 6.62. The monoisotopic (exact) mass is 349 g/mol. The smallest absolute Gasteiger partial charge is 0.495 e. The van der Waals surface area contributed by atoms with Crippen LogP contribution in [-0.2, 0) is 15.9 Å². The normalized spacial score (nSPS) is 22.8. The van der Waals surface area contributed by atoms with Gasteiger partial charge in [0.05, 0.1) is 37.1 Å². The summed E-state index contributed by atoms with van der Waals surface area (Å²) in [5.74, 6) is 1.48. The number of benzene rings is 1. The number of hydrogen-bond acceptors (Lipinski definition) is 6. The van der Waals surface area contributed by atoms with E-state index in [1.54, 1.807) is 14.2 Å². The molecule has 0 unspecified atom stereocenters. The molecule has 2 heterocycles. The first-order valence-corrected chi connectivity index (χ1v) is 8.67. The average Bonchev–Trinajstić information content (AvgIpc) is 2.73. The van der Waals surface area contributed by atoms with Crippen molar-refractivity contribution in [3.8, 4) is 11.5 Å². The first kappa shape index (κ1) is 18.5. The number of likely N-dealkylation sites (tertiary alicyclic amines) is 1. The molecule has 0 spiro atoms. The summed E-state index contributed by atoms with van der Waals surface area (Å²) in [7, 11) is 2.83. The first-order valence-electron chi connectivity index (χ1n) is 8.67. The molecule has 0 aliphatic carbocycles. The lowest BCUT2D eigenvalue weighted by molar-refractivity contribution is -0.00358. The summed E-state index contributed by atoms with van der Waals surface area (Å²) in [6.45, 7) is 10.1. The van der Waals surface area contributed by atoms with Gasteiger partial charge in [0.25, 0.3) is 0 Å². The van der Waals surface area contributed by atoms with Crippen molar-refractivity contribution in [1.29, 1.82) is 0 Å². The van der Waals surface area contributed by atoms with Crippen LogP contribution in [0.3, 0.4) is 0 Å². The molecule has 6 nitrogen and oxygen atoms in total. The van der Waals surface area contributed by atoms with Gasteiger partial charge >= 0.3 is 7.12 Å². The summed E-state index contributed by atoms with van der Waals surface area (Å²) in [6.07, 6.45) is -0.235. The van der Waals surface area contributed by atoms with Gasteiger partial charge in [0.15, 0.2) is 0 Å². The predicted molar refractivity (Wildman–Crippen MR) is 96.5 cm³/mol. The van der Waals surface area contributed by atoms with Crippen molar-refractivity contribution < 1.29 is 23.9 Å². The lowest BCUT2D eigenvalue weighted by Crippen LogP contribution is -2.49. The average molecular weight is 349 g/mol. The van der Waals surface area contributed by atoms with E-state index >= 15 is 0 Å². The minimum Gasteiger partial charge on any atom is -0.496 e. The Balaban J connectivity index is 1.89. The van der Waals surface area contributed by atoms with Crippen molar-refractivity contribution in [3.63, 3.8) is 0 Å². The SMILES string of the molecule is COc1cc(B2OC(C)(C)C(C)(C)O2)cc(OC)c1CN1CC(O)C1. The molecule has 2 fully saturated rings. The Morgan fingerprint density at radius 2 is 1.56 bits per heavy atom. The molecular formula is C18H28BNO5. The third-order valence-corrected chi connectivity index (χ3v) is 5.48. The Morgan fingerprint density at radius 3 is 1.96 bits per heavy atom. The molecule has 0 aromatic heterocycles. The van der Waals surface area contributed by atoms with Crippen LogP contribution in [0.15, 0.2) is 12.1 Å². The maximum atomic E-state index is 9.50. The van der Waals surface area contributed by atoms with E-state index in [2.05, 4.69) is 4.90 Å². The van der Waals surface area contributed by atoms with Gasteiger partial charge in [-0.15, -0.1) is 0 Å². The van der Waals surface area contributed by atoms with Crippen LogP contribution in [0.25, 0.3) is 0 Å². The Bertz CT molecular complexity index is 601. The number of methoxy groups -OCH3 is 2. The molecule has 0 bridgehead atoms. The van der Waals surface area contributed by atoms with Gasteiger partial charge in [-0.1, -0.05) is 0 Å². The van der Waals surface area contributed by atoms with Crippen LogP contribution in [0, 0.1) is 0 Å². The van der Waals surface area contributed by atoms with Gasteiger partial charge < -0.3 is 23.9 Å². The third kappa shape index (κ3) is 3.38. The fraction of sp³-hybridized carbons (Fsp3) is 0.667. The van der Waals surface area contributed by atoms with E-state index < -0.39 is 18.3 Å². The van der Waals surface area contributed by atoms with Crippen LogP contribution < -0.4 is 14.9 Å². The topological polar surface area (TPSA) is 60.4 Å². The molecule has 1 aromatic rings. The summed E-state index contributed by atoms with van der Waals surface area (Å²) >= 11 is 0. The van der Waals surface area contributed by atoms with E-state index in [0.29, 0.717) is 19.6 Å². The molecule has 1 aromatic carbocycles. The molecule has 0 radical (unpaired) electrons. The summed E-state index contributed by atoms with van der Waals surface area (Å²) in [4.78, 5) is 2.15. The summed E-state index contributed by atoms with van der Waals surface area (Å²) in [5.41, 5.74) is 1.05. The van der Waals surface area contributed by atoms with E-state index in [1.807, 2.05) is 39.8 Å². The standard InChI is InChI=1S/C18H28BNO5/c1-17(2)18(3,4)25-19(24-17)12-7-15(22-5)14(16(8-12)23-6)11-20-9-13(21)10-20/h7-8,13,21H,9-11H2,1-6H3. The lowest BCUT2D eigenvalue weighted by Gasteiger charge is -2.36. The zero-order valence-corrected chi connectivity index (χ0v) is 16.0. The number of ether oxygens (including phenoxy) is 2. The van der Waals surface area contributed by atoms with E-state index in [1.165, 1.54) is 0 Å². The van der Waals surface area contributed by atoms with Crippen molar-refractivity contribution >= 4 is 12.6 Å². The Kier molecular flexibility index (Phi) is 4.79. The highest BCUT2D eigenvalue weighted by Gasteiger charge is 2.52. The Morgan fingerprint density at radius 1 is 1.08 bits per heavy atom.